The molecule has 0 radical (unpaired) electrons. The summed E-state index contributed by atoms with van der Waals surface area (Å²) in [6.07, 6.45) is 8.52. The summed E-state index contributed by atoms with van der Waals surface area (Å²) in [6, 6.07) is 0. The average molecular weight is 311 g/mol. The van der Waals surface area contributed by atoms with Gasteiger partial charge in [0, 0.05) is 32.7 Å². The van der Waals surface area contributed by atoms with Crippen LogP contribution in [-0.4, -0.2) is 61.3 Å². The van der Waals surface area contributed by atoms with Gasteiger partial charge in [-0.15, -0.1) is 0 Å². The maximum absolute atomic E-state index is 6.41. The van der Waals surface area contributed by atoms with Crippen LogP contribution in [0.15, 0.2) is 0 Å². The molecule has 2 rings (SSSR count). The second-order valence-corrected chi connectivity index (χ2v) is 8.17. The van der Waals surface area contributed by atoms with Crippen LogP contribution >= 0.6 is 0 Å². The lowest BCUT2D eigenvalue weighted by atomic mass is 9.89. The monoisotopic (exact) mass is 310 g/mol. The molecule has 0 spiro atoms. The molecule has 22 heavy (non-hydrogen) atoms. The Morgan fingerprint density at radius 3 is 1.82 bits per heavy atom. The van der Waals surface area contributed by atoms with Gasteiger partial charge in [-0.2, -0.15) is 0 Å². The van der Waals surface area contributed by atoms with Crippen molar-refractivity contribution in [2.24, 2.45) is 5.41 Å². The Morgan fingerprint density at radius 1 is 0.864 bits per heavy atom. The molecule has 2 aliphatic rings. The minimum atomic E-state index is 0.458. The number of ether oxygens (including phenoxy) is 1. The predicted octanol–water partition coefficient (Wildman–Crippen LogP) is 3.78. The van der Waals surface area contributed by atoms with Crippen molar-refractivity contribution < 1.29 is 4.74 Å². The van der Waals surface area contributed by atoms with E-state index in [1.54, 1.807) is 0 Å². The molecule has 2 saturated heterocycles. The molecule has 0 aromatic rings. The van der Waals surface area contributed by atoms with E-state index in [2.05, 4.69) is 37.5 Å². The highest BCUT2D eigenvalue weighted by Gasteiger charge is 2.27. The van der Waals surface area contributed by atoms with E-state index in [0.717, 1.165) is 0 Å². The number of hydrogen-bond donors (Lipinski definition) is 0. The number of hydrogen-bond acceptors (Lipinski definition) is 3. The molecule has 3 heteroatoms. The molecule has 2 fully saturated rings. The van der Waals surface area contributed by atoms with Crippen molar-refractivity contribution in [2.45, 2.75) is 78.4 Å². The molecule has 0 aromatic heterocycles. The maximum atomic E-state index is 6.41. The molecule has 0 saturated carbocycles. The minimum absolute atomic E-state index is 0.458. The van der Waals surface area contributed by atoms with E-state index in [9.17, 15) is 0 Å². The van der Waals surface area contributed by atoms with Crippen LogP contribution in [0.5, 0.6) is 0 Å². The highest BCUT2D eigenvalue weighted by molar-refractivity contribution is 4.80. The molecule has 0 N–H and O–H groups in total. The molecule has 2 heterocycles. The normalized spacial score (nSPS) is 24.0. The molecule has 0 aliphatic carbocycles. The van der Waals surface area contributed by atoms with Gasteiger partial charge in [-0.1, -0.05) is 27.7 Å². The van der Waals surface area contributed by atoms with Gasteiger partial charge in [0.25, 0.3) is 0 Å². The quantitative estimate of drug-likeness (QED) is 0.712. The van der Waals surface area contributed by atoms with Crippen LogP contribution < -0.4 is 0 Å². The highest BCUT2D eigenvalue weighted by Crippen LogP contribution is 2.25. The SMILES string of the molecule is CCCN1CCC(OC2CCN(CC(C)(C)CC)CC2)CC1. The summed E-state index contributed by atoms with van der Waals surface area (Å²) in [5.41, 5.74) is 0.458. The van der Waals surface area contributed by atoms with Crippen molar-refractivity contribution in [1.82, 2.24) is 9.80 Å². The first-order chi connectivity index (χ1) is 10.5. The molecule has 3 nitrogen and oxygen atoms in total. The molecule has 130 valence electrons. The second-order valence-electron chi connectivity index (χ2n) is 8.17. The lowest BCUT2D eigenvalue weighted by molar-refractivity contribution is -0.0673. The highest BCUT2D eigenvalue weighted by atomic mass is 16.5. The first-order valence-electron chi connectivity index (χ1n) is 9.62. The Bertz CT molecular complexity index is 303. The first-order valence-corrected chi connectivity index (χ1v) is 9.62. The van der Waals surface area contributed by atoms with Crippen LogP contribution in [0.1, 0.15) is 66.2 Å². The van der Waals surface area contributed by atoms with Crippen LogP contribution in [0.3, 0.4) is 0 Å². The van der Waals surface area contributed by atoms with Crippen LogP contribution in [0.25, 0.3) is 0 Å². The topological polar surface area (TPSA) is 15.7 Å². The summed E-state index contributed by atoms with van der Waals surface area (Å²) in [7, 11) is 0. The van der Waals surface area contributed by atoms with E-state index in [4.69, 9.17) is 4.74 Å². The summed E-state index contributed by atoms with van der Waals surface area (Å²) in [5.74, 6) is 0. The smallest absolute Gasteiger partial charge is 0.0603 e. The Hall–Kier alpha value is -0.120. The minimum Gasteiger partial charge on any atom is -0.375 e. The van der Waals surface area contributed by atoms with Crippen molar-refractivity contribution in [3.05, 3.63) is 0 Å². The van der Waals surface area contributed by atoms with Crippen molar-refractivity contribution in [2.75, 3.05) is 39.3 Å². The van der Waals surface area contributed by atoms with E-state index < -0.39 is 0 Å². The fourth-order valence-electron chi connectivity index (χ4n) is 3.78. The van der Waals surface area contributed by atoms with Crippen LogP contribution in [0.2, 0.25) is 0 Å². The molecular weight excluding hydrogens is 272 g/mol. The number of nitrogens with zero attached hydrogens (tertiary/aromatic N) is 2. The number of piperidine rings is 2. The van der Waals surface area contributed by atoms with Gasteiger partial charge in [0.15, 0.2) is 0 Å². The fourth-order valence-corrected chi connectivity index (χ4v) is 3.78. The van der Waals surface area contributed by atoms with E-state index >= 15 is 0 Å². The summed E-state index contributed by atoms with van der Waals surface area (Å²) < 4.78 is 6.41. The summed E-state index contributed by atoms with van der Waals surface area (Å²) in [5, 5.41) is 0. The Balaban J connectivity index is 1.64. The lowest BCUT2D eigenvalue weighted by Crippen LogP contribution is -2.44. The molecule has 0 amide bonds. The average Bonchev–Trinajstić information content (AvgIpc) is 2.51. The zero-order chi connectivity index (χ0) is 16.0. The van der Waals surface area contributed by atoms with E-state index in [0.29, 0.717) is 17.6 Å². The van der Waals surface area contributed by atoms with Gasteiger partial charge in [0.1, 0.15) is 0 Å². The zero-order valence-corrected chi connectivity index (χ0v) is 15.4. The first kappa shape index (κ1) is 18.2. The fraction of sp³-hybridized carbons (Fsp3) is 1.00. The van der Waals surface area contributed by atoms with Gasteiger partial charge in [-0.05, 0) is 50.5 Å². The van der Waals surface area contributed by atoms with Crippen molar-refractivity contribution >= 4 is 0 Å². The van der Waals surface area contributed by atoms with Gasteiger partial charge in [0.05, 0.1) is 12.2 Å². The third-order valence-electron chi connectivity index (χ3n) is 5.60. The molecule has 0 aromatic carbocycles. The largest absolute Gasteiger partial charge is 0.375 e. The van der Waals surface area contributed by atoms with Crippen molar-refractivity contribution in [3.8, 4) is 0 Å². The third kappa shape index (κ3) is 5.82. The van der Waals surface area contributed by atoms with Crippen LogP contribution in [-0.2, 0) is 4.74 Å². The molecule has 0 unspecified atom stereocenters. The molecule has 2 aliphatic heterocycles. The molecular formula is C19H38N2O. The van der Waals surface area contributed by atoms with E-state index in [-0.39, 0.29) is 0 Å². The van der Waals surface area contributed by atoms with Gasteiger partial charge in [-0.25, -0.2) is 0 Å². The third-order valence-corrected chi connectivity index (χ3v) is 5.60. The van der Waals surface area contributed by atoms with Gasteiger partial charge >= 0.3 is 0 Å². The number of rotatable bonds is 7. The Labute approximate surface area is 138 Å². The zero-order valence-electron chi connectivity index (χ0n) is 15.4. The summed E-state index contributed by atoms with van der Waals surface area (Å²) in [6.45, 7) is 16.8. The molecule has 0 atom stereocenters. The van der Waals surface area contributed by atoms with E-state index in [1.807, 2.05) is 0 Å². The number of likely N-dealkylation sites (tertiary alicyclic amines) is 2. The second kappa shape index (κ2) is 8.65. The van der Waals surface area contributed by atoms with Crippen molar-refractivity contribution in [1.29, 1.82) is 0 Å². The van der Waals surface area contributed by atoms with Gasteiger partial charge in [0.2, 0.25) is 0 Å². The standard InChI is InChI=1S/C19H38N2O/c1-5-11-20-12-7-17(8-13-20)22-18-9-14-21(15-10-18)16-19(3,4)6-2/h17-18H,5-16H2,1-4H3. The van der Waals surface area contributed by atoms with Gasteiger partial charge in [-0.3, -0.25) is 0 Å². The van der Waals surface area contributed by atoms with Crippen LogP contribution in [0, 0.1) is 5.41 Å². The summed E-state index contributed by atoms with van der Waals surface area (Å²) >= 11 is 0. The van der Waals surface area contributed by atoms with Crippen molar-refractivity contribution in [3.63, 3.8) is 0 Å². The maximum Gasteiger partial charge on any atom is 0.0603 e. The molecule has 0 bridgehead atoms. The van der Waals surface area contributed by atoms with Gasteiger partial charge < -0.3 is 14.5 Å². The Morgan fingerprint density at radius 2 is 1.36 bits per heavy atom. The summed E-state index contributed by atoms with van der Waals surface area (Å²) in [4.78, 5) is 5.24. The lowest BCUT2D eigenvalue weighted by Gasteiger charge is -2.39. The van der Waals surface area contributed by atoms with E-state index in [1.165, 1.54) is 77.8 Å². The Kier molecular flexibility index (Phi) is 7.17. The predicted molar refractivity (Wildman–Crippen MR) is 94.4 cm³/mol. The van der Waals surface area contributed by atoms with Crippen LogP contribution in [0.4, 0.5) is 0 Å².